The van der Waals surface area contributed by atoms with Gasteiger partial charge in [0.15, 0.2) is 0 Å². The van der Waals surface area contributed by atoms with Crippen molar-refractivity contribution >= 4 is 39.7 Å². The standard InChI is InChI=1S/C25H19N3O5/c1-14-11-12-18(19(29)13-14)28-25(33)23(31)20(22(30)15-7-3-2-4-8-15)21-24(32)27-17-10-6-5-9-16(17)26-21/h2-13,29-30H,1H3,(H,27,32)(H,28,33). The Morgan fingerprint density at radius 2 is 1.67 bits per heavy atom. The summed E-state index contributed by atoms with van der Waals surface area (Å²) in [6, 6.07) is 19.2. The number of fused-ring (bicyclic) bond motifs is 1. The number of para-hydroxylation sites is 2. The number of phenolic OH excluding ortho intramolecular Hbond substituents is 1. The number of benzene rings is 3. The van der Waals surface area contributed by atoms with Crippen LogP contribution in [0, 0.1) is 6.92 Å². The van der Waals surface area contributed by atoms with Crippen molar-refractivity contribution in [3.63, 3.8) is 0 Å². The van der Waals surface area contributed by atoms with Crippen LogP contribution in [0.4, 0.5) is 5.69 Å². The smallest absolute Gasteiger partial charge is 0.297 e. The highest BCUT2D eigenvalue weighted by Crippen LogP contribution is 2.27. The molecule has 1 aromatic heterocycles. The molecule has 0 atom stereocenters. The van der Waals surface area contributed by atoms with Gasteiger partial charge in [-0.3, -0.25) is 14.4 Å². The molecule has 0 radical (unpaired) electrons. The number of aromatic nitrogens is 2. The number of phenols is 1. The zero-order valence-corrected chi connectivity index (χ0v) is 17.5. The lowest BCUT2D eigenvalue weighted by Crippen LogP contribution is -2.28. The number of amides is 1. The number of rotatable bonds is 5. The summed E-state index contributed by atoms with van der Waals surface area (Å²) in [6.07, 6.45) is 0. The van der Waals surface area contributed by atoms with Gasteiger partial charge in [-0.15, -0.1) is 0 Å². The van der Waals surface area contributed by atoms with Crippen molar-refractivity contribution in [2.24, 2.45) is 0 Å². The average Bonchev–Trinajstić information content (AvgIpc) is 2.81. The minimum Gasteiger partial charge on any atom is -0.506 e. The lowest BCUT2D eigenvalue weighted by molar-refractivity contribution is -0.131. The van der Waals surface area contributed by atoms with Gasteiger partial charge in [-0.05, 0) is 36.8 Å². The fourth-order valence-corrected chi connectivity index (χ4v) is 3.31. The number of aryl methyl sites for hydroxylation is 1. The summed E-state index contributed by atoms with van der Waals surface area (Å²) in [5, 5.41) is 23.3. The zero-order valence-electron chi connectivity index (χ0n) is 17.5. The molecule has 8 nitrogen and oxygen atoms in total. The molecule has 0 aliphatic rings. The topological polar surface area (TPSA) is 132 Å². The van der Waals surface area contributed by atoms with Crippen molar-refractivity contribution in [2.45, 2.75) is 6.92 Å². The highest BCUT2D eigenvalue weighted by molar-refractivity contribution is 6.57. The van der Waals surface area contributed by atoms with Crippen LogP contribution in [0.15, 0.2) is 77.6 Å². The number of carbonyl (C=O) groups is 2. The molecule has 0 unspecified atom stereocenters. The van der Waals surface area contributed by atoms with Crippen LogP contribution in [0.2, 0.25) is 0 Å². The van der Waals surface area contributed by atoms with E-state index in [0.717, 1.165) is 5.56 Å². The van der Waals surface area contributed by atoms with Crippen LogP contribution in [0.3, 0.4) is 0 Å². The van der Waals surface area contributed by atoms with Crippen molar-refractivity contribution in [3.05, 3.63) is 100.0 Å². The van der Waals surface area contributed by atoms with Gasteiger partial charge >= 0.3 is 0 Å². The summed E-state index contributed by atoms with van der Waals surface area (Å²) in [5.74, 6) is -3.14. The maximum absolute atomic E-state index is 13.2. The average molecular weight is 441 g/mol. The molecule has 4 aromatic rings. The maximum Gasteiger partial charge on any atom is 0.297 e. The molecule has 164 valence electrons. The summed E-state index contributed by atoms with van der Waals surface area (Å²) >= 11 is 0. The van der Waals surface area contributed by atoms with Gasteiger partial charge in [0.05, 0.1) is 16.7 Å². The summed E-state index contributed by atoms with van der Waals surface area (Å²) in [4.78, 5) is 45.7. The summed E-state index contributed by atoms with van der Waals surface area (Å²) < 4.78 is 0. The molecule has 8 heteroatoms. The third kappa shape index (κ3) is 4.35. The first-order chi connectivity index (χ1) is 15.8. The van der Waals surface area contributed by atoms with E-state index in [1.807, 2.05) is 0 Å². The van der Waals surface area contributed by atoms with Crippen molar-refractivity contribution in [1.82, 2.24) is 9.97 Å². The fraction of sp³-hybridized carbons (Fsp3) is 0.0400. The molecular weight excluding hydrogens is 422 g/mol. The van der Waals surface area contributed by atoms with Crippen LogP contribution in [0.25, 0.3) is 22.4 Å². The Labute approximate surface area is 187 Å². The van der Waals surface area contributed by atoms with Gasteiger partial charge in [0.25, 0.3) is 17.2 Å². The summed E-state index contributed by atoms with van der Waals surface area (Å²) in [5.41, 5.74) is 0.0948. The SMILES string of the molecule is Cc1ccc(NC(=O)C(=O)C(=C(O)c2ccccc2)c2nc3ccccc3[nH]c2=O)c(O)c1. The van der Waals surface area contributed by atoms with Crippen molar-refractivity contribution < 1.29 is 19.8 Å². The van der Waals surface area contributed by atoms with Gasteiger partial charge in [0, 0.05) is 5.56 Å². The van der Waals surface area contributed by atoms with Crippen LogP contribution < -0.4 is 10.9 Å². The number of aliphatic hydroxyl groups is 1. The second-order valence-corrected chi connectivity index (χ2v) is 7.33. The molecule has 1 heterocycles. The molecule has 0 aliphatic heterocycles. The summed E-state index contributed by atoms with van der Waals surface area (Å²) in [6.45, 7) is 1.76. The molecular formula is C25H19N3O5. The third-order valence-electron chi connectivity index (χ3n) is 4.96. The Morgan fingerprint density at radius 3 is 2.39 bits per heavy atom. The molecule has 3 aromatic carbocycles. The van der Waals surface area contributed by atoms with Crippen LogP contribution >= 0.6 is 0 Å². The molecule has 4 N–H and O–H groups in total. The predicted octanol–water partition coefficient (Wildman–Crippen LogP) is 3.57. The lowest BCUT2D eigenvalue weighted by Gasteiger charge is -2.12. The van der Waals surface area contributed by atoms with E-state index in [9.17, 15) is 24.6 Å². The number of aliphatic hydroxyl groups excluding tert-OH is 1. The number of aromatic hydroxyl groups is 1. The zero-order chi connectivity index (χ0) is 23.5. The first-order valence-electron chi connectivity index (χ1n) is 9.98. The number of anilines is 1. The van der Waals surface area contributed by atoms with E-state index >= 15 is 0 Å². The number of hydrogen-bond donors (Lipinski definition) is 4. The number of Topliss-reactive ketones (excluding diaryl/α,β-unsaturated/α-hetero) is 1. The van der Waals surface area contributed by atoms with Gasteiger partial charge in [0.1, 0.15) is 22.8 Å². The molecule has 4 rings (SSSR count). The van der Waals surface area contributed by atoms with Gasteiger partial charge < -0.3 is 20.5 Å². The first kappa shape index (κ1) is 21.5. The Morgan fingerprint density at radius 1 is 0.970 bits per heavy atom. The lowest BCUT2D eigenvalue weighted by atomic mass is 10.0. The third-order valence-corrected chi connectivity index (χ3v) is 4.96. The highest BCUT2D eigenvalue weighted by atomic mass is 16.3. The first-order valence-corrected chi connectivity index (χ1v) is 9.98. The number of aromatic amines is 1. The highest BCUT2D eigenvalue weighted by Gasteiger charge is 2.29. The van der Waals surface area contributed by atoms with Crippen LogP contribution in [-0.2, 0) is 9.59 Å². The van der Waals surface area contributed by atoms with Gasteiger partial charge in [-0.1, -0.05) is 48.5 Å². The van der Waals surface area contributed by atoms with Crippen LogP contribution in [0.5, 0.6) is 5.75 Å². The summed E-state index contributed by atoms with van der Waals surface area (Å²) in [7, 11) is 0. The molecule has 33 heavy (non-hydrogen) atoms. The number of H-pyrrole nitrogens is 1. The number of carbonyl (C=O) groups excluding carboxylic acids is 2. The molecule has 0 spiro atoms. The quantitative estimate of drug-likeness (QED) is 0.162. The molecule has 0 aliphatic carbocycles. The minimum absolute atomic E-state index is 0.0119. The van der Waals surface area contributed by atoms with E-state index in [1.54, 1.807) is 55.5 Å². The van der Waals surface area contributed by atoms with E-state index in [2.05, 4.69) is 15.3 Å². The van der Waals surface area contributed by atoms with Crippen LogP contribution in [-0.4, -0.2) is 31.9 Å². The van der Waals surface area contributed by atoms with E-state index < -0.39 is 34.3 Å². The fourth-order valence-electron chi connectivity index (χ4n) is 3.31. The molecule has 0 saturated heterocycles. The second-order valence-electron chi connectivity index (χ2n) is 7.33. The van der Waals surface area contributed by atoms with Crippen LogP contribution in [0.1, 0.15) is 16.8 Å². The van der Waals surface area contributed by atoms with Gasteiger partial charge in [-0.2, -0.15) is 0 Å². The molecule has 0 saturated carbocycles. The number of ketones is 1. The Balaban J connectivity index is 1.85. The van der Waals surface area contributed by atoms with E-state index in [0.29, 0.717) is 11.0 Å². The van der Waals surface area contributed by atoms with Gasteiger partial charge in [-0.25, -0.2) is 4.98 Å². The van der Waals surface area contributed by atoms with E-state index in [4.69, 9.17) is 0 Å². The number of nitrogens with zero attached hydrogens (tertiary/aromatic N) is 1. The van der Waals surface area contributed by atoms with E-state index in [-0.39, 0.29) is 17.0 Å². The predicted molar refractivity (Wildman–Crippen MR) is 125 cm³/mol. The monoisotopic (exact) mass is 441 g/mol. The van der Waals surface area contributed by atoms with Gasteiger partial charge in [0.2, 0.25) is 0 Å². The van der Waals surface area contributed by atoms with E-state index in [1.165, 1.54) is 24.3 Å². The minimum atomic E-state index is -1.19. The van der Waals surface area contributed by atoms with Crippen molar-refractivity contribution in [1.29, 1.82) is 0 Å². The molecule has 0 bridgehead atoms. The Kier molecular flexibility index (Phi) is 5.73. The van der Waals surface area contributed by atoms with Crippen molar-refractivity contribution in [3.8, 4) is 5.75 Å². The normalized spacial score (nSPS) is 11.7. The maximum atomic E-state index is 13.2. The Bertz CT molecular complexity index is 1470. The Hall–Kier alpha value is -4.72. The largest absolute Gasteiger partial charge is 0.506 e. The number of hydrogen-bond acceptors (Lipinski definition) is 6. The van der Waals surface area contributed by atoms with Crippen molar-refractivity contribution in [2.75, 3.05) is 5.32 Å². The second kappa shape index (κ2) is 8.80. The molecule has 0 fully saturated rings. The number of nitrogens with one attached hydrogen (secondary N) is 2. The molecule has 1 amide bonds.